The molecule has 1 aromatic rings. The Morgan fingerprint density at radius 2 is 1.56 bits per heavy atom. The first-order valence-electron chi connectivity index (χ1n) is 9.46. The molecule has 4 heteroatoms. The van der Waals surface area contributed by atoms with Gasteiger partial charge in [-0.25, -0.2) is 0 Å². The highest BCUT2D eigenvalue weighted by Gasteiger charge is 2.10. The van der Waals surface area contributed by atoms with Crippen LogP contribution in [0.3, 0.4) is 0 Å². The smallest absolute Gasteiger partial charge is 0.311 e. The number of carbonyl (C=O) groups is 2. The van der Waals surface area contributed by atoms with E-state index in [1.165, 1.54) is 25.7 Å². The van der Waals surface area contributed by atoms with Gasteiger partial charge >= 0.3 is 11.9 Å². The molecule has 0 aliphatic heterocycles. The van der Waals surface area contributed by atoms with Gasteiger partial charge in [0.05, 0.1) is 6.61 Å². The lowest BCUT2D eigenvalue weighted by Gasteiger charge is -2.08. The summed E-state index contributed by atoms with van der Waals surface area (Å²) in [6, 6.07) is 5.76. The van der Waals surface area contributed by atoms with E-state index in [9.17, 15) is 9.59 Å². The van der Waals surface area contributed by atoms with Crippen molar-refractivity contribution in [2.24, 2.45) is 0 Å². The predicted octanol–water partition coefficient (Wildman–Crippen LogP) is 5.28. The van der Waals surface area contributed by atoms with Crippen molar-refractivity contribution < 1.29 is 19.1 Å². The Balaban J connectivity index is 2.10. The molecule has 0 amide bonds. The quantitative estimate of drug-likeness (QED) is 0.293. The van der Waals surface area contributed by atoms with Gasteiger partial charge in [-0.05, 0) is 43.9 Å². The third-order valence-electron chi connectivity index (χ3n) is 4.09. The minimum absolute atomic E-state index is 0.222. The standard InChI is InChI=1S/C21H32O4/c1-4-5-6-7-8-9-15-24-20(22)11-10-12-21(23)25-19-16-17(2)13-14-18(19)3/h13-14,16H,4-12,15H2,1-3H3. The van der Waals surface area contributed by atoms with Crippen LogP contribution < -0.4 is 4.74 Å². The normalized spacial score (nSPS) is 10.5. The molecule has 1 rings (SSSR count). The van der Waals surface area contributed by atoms with Crippen LogP contribution in [0.5, 0.6) is 5.75 Å². The van der Waals surface area contributed by atoms with Crippen LogP contribution in [0.15, 0.2) is 18.2 Å². The Morgan fingerprint density at radius 1 is 0.880 bits per heavy atom. The van der Waals surface area contributed by atoms with Crippen LogP contribution in [-0.4, -0.2) is 18.5 Å². The minimum atomic E-state index is -0.308. The van der Waals surface area contributed by atoms with Gasteiger partial charge in [0, 0.05) is 12.8 Å². The summed E-state index contributed by atoms with van der Waals surface area (Å²) in [7, 11) is 0. The van der Waals surface area contributed by atoms with Crippen molar-refractivity contribution in [1.29, 1.82) is 0 Å². The van der Waals surface area contributed by atoms with Crippen LogP contribution in [-0.2, 0) is 14.3 Å². The lowest BCUT2D eigenvalue weighted by molar-refractivity contribution is -0.144. The molecule has 0 aliphatic rings. The molecule has 0 aliphatic carbocycles. The summed E-state index contributed by atoms with van der Waals surface area (Å²) < 4.78 is 10.6. The van der Waals surface area contributed by atoms with Gasteiger partial charge < -0.3 is 9.47 Å². The Labute approximate surface area is 151 Å². The second kappa shape index (κ2) is 12.5. The molecule has 140 valence electrons. The lowest BCUT2D eigenvalue weighted by atomic mass is 10.1. The fourth-order valence-electron chi connectivity index (χ4n) is 2.51. The molecule has 0 saturated carbocycles. The molecule has 0 fully saturated rings. The number of aryl methyl sites for hydroxylation is 2. The fourth-order valence-corrected chi connectivity index (χ4v) is 2.51. The van der Waals surface area contributed by atoms with Crippen molar-refractivity contribution in [3.63, 3.8) is 0 Å². The number of ether oxygens (including phenoxy) is 2. The first-order chi connectivity index (χ1) is 12.0. The highest BCUT2D eigenvalue weighted by molar-refractivity contribution is 5.74. The highest BCUT2D eigenvalue weighted by atomic mass is 16.5. The summed E-state index contributed by atoms with van der Waals surface area (Å²) in [4.78, 5) is 23.5. The largest absolute Gasteiger partial charge is 0.466 e. The van der Waals surface area contributed by atoms with E-state index in [1.807, 2.05) is 32.0 Å². The minimum Gasteiger partial charge on any atom is -0.466 e. The Bertz CT molecular complexity index is 537. The number of unbranched alkanes of at least 4 members (excludes halogenated alkanes) is 5. The number of hydrogen-bond acceptors (Lipinski definition) is 4. The van der Waals surface area contributed by atoms with Gasteiger partial charge in [0.2, 0.25) is 0 Å². The van der Waals surface area contributed by atoms with Gasteiger partial charge in [-0.15, -0.1) is 0 Å². The highest BCUT2D eigenvalue weighted by Crippen LogP contribution is 2.20. The van der Waals surface area contributed by atoms with E-state index in [0.717, 1.165) is 24.0 Å². The summed E-state index contributed by atoms with van der Waals surface area (Å²) in [6.45, 7) is 6.54. The van der Waals surface area contributed by atoms with Gasteiger partial charge in [0.25, 0.3) is 0 Å². The maximum atomic E-state index is 11.9. The van der Waals surface area contributed by atoms with E-state index in [-0.39, 0.29) is 24.8 Å². The Hall–Kier alpha value is -1.84. The van der Waals surface area contributed by atoms with Crippen molar-refractivity contribution in [2.75, 3.05) is 6.61 Å². The summed E-state index contributed by atoms with van der Waals surface area (Å²) >= 11 is 0. The van der Waals surface area contributed by atoms with E-state index in [0.29, 0.717) is 18.8 Å². The first-order valence-corrected chi connectivity index (χ1v) is 9.46. The second-order valence-corrected chi connectivity index (χ2v) is 6.58. The van der Waals surface area contributed by atoms with E-state index in [1.54, 1.807) is 0 Å². The van der Waals surface area contributed by atoms with E-state index < -0.39 is 0 Å². The molecule has 0 saturated heterocycles. The topological polar surface area (TPSA) is 52.6 Å². The number of benzene rings is 1. The number of rotatable bonds is 12. The van der Waals surface area contributed by atoms with Crippen molar-refractivity contribution in [1.82, 2.24) is 0 Å². The zero-order valence-electron chi connectivity index (χ0n) is 15.9. The lowest BCUT2D eigenvalue weighted by Crippen LogP contribution is -2.11. The van der Waals surface area contributed by atoms with Crippen LogP contribution in [0.25, 0.3) is 0 Å². The first kappa shape index (κ1) is 21.2. The van der Waals surface area contributed by atoms with E-state index in [4.69, 9.17) is 9.47 Å². The summed E-state index contributed by atoms with van der Waals surface area (Å²) in [5.41, 5.74) is 1.98. The van der Waals surface area contributed by atoms with Gasteiger partial charge in [0.15, 0.2) is 0 Å². The van der Waals surface area contributed by atoms with E-state index >= 15 is 0 Å². The summed E-state index contributed by atoms with van der Waals surface area (Å²) in [5, 5.41) is 0. The third-order valence-corrected chi connectivity index (χ3v) is 4.09. The monoisotopic (exact) mass is 348 g/mol. The number of hydrogen-bond donors (Lipinski definition) is 0. The number of carbonyl (C=O) groups excluding carboxylic acids is 2. The van der Waals surface area contributed by atoms with Crippen LogP contribution in [0.2, 0.25) is 0 Å². The molecule has 0 N–H and O–H groups in total. The molecule has 4 nitrogen and oxygen atoms in total. The molecule has 1 aromatic carbocycles. The zero-order valence-corrected chi connectivity index (χ0v) is 15.9. The van der Waals surface area contributed by atoms with Gasteiger partial charge in [-0.3, -0.25) is 9.59 Å². The zero-order chi connectivity index (χ0) is 18.5. The number of esters is 2. The molecule has 0 unspecified atom stereocenters. The maximum Gasteiger partial charge on any atom is 0.311 e. The fraction of sp³-hybridized carbons (Fsp3) is 0.619. The van der Waals surface area contributed by atoms with Crippen LogP contribution in [0.4, 0.5) is 0 Å². The van der Waals surface area contributed by atoms with Gasteiger partial charge in [-0.1, -0.05) is 51.2 Å². The summed E-state index contributed by atoms with van der Waals surface area (Å²) in [6.07, 6.45) is 7.94. The molecular weight excluding hydrogens is 316 g/mol. The maximum absolute atomic E-state index is 11.9. The van der Waals surface area contributed by atoms with Crippen molar-refractivity contribution in [2.45, 2.75) is 78.6 Å². The van der Waals surface area contributed by atoms with Gasteiger partial charge in [-0.2, -0.15) is 0 Å². The van der Waals surface area contributed by atoms with Gasteiger partial charge in [0.1, 0.15) is 5.75 Å². The average molecular weight is 348 g/mol. The van der Waals surface area contributed by atoms with Crippen molar-refractivity contribution in [3.05, 3.63) is 29.3 Å². The van der Waals surface area contributed by atoms with Crippen LogP contribution in [0.1, 0.15) is 75.8 Å². The molecule has 0 atom stereocenters. The predicted molar refractivity (Wildman–Crippen MR) is 99.7 cm³/mol. The molecule has 0 spiro atoms. The third kappa shape index (κ3) is 9.90. The molecule has 0 radical (unpaired) electrons. The van der Waals surface area contributed by atoms with E-state index in [2.05, 4.69) is 6.92 Å². The molecule has 0 heterocycles. The Morgan fingerprint density at radius 3 is 2.32 bits per heavy atom. The average Bonchev–Trinajstić information content (AvgIpc) is 2.57. The molecule has 25 heavy (non-hydrogen) atoms. The molecule has 0 aromatic heterocycles. The SMILES string of the molecule is CCCCCCCCOC(=O)CCCC(=O)Oc1cc(C)ccc1C. The van der Waals surface area contributed by atoms with Crippen LogP contribution in [0, 0.1) is 13.8 Å². The van der Waals surface area contributed by atoms with Crippen LogP contribution >= 0.6 is 0 Å². The molecular formula is C21H32O4. The second-order valence-electron chi connectivity index (χ2n) is 6.58. The van der Waals surface area contributed by atoms with Crippen molar-refractivity contribution in [3.8, 4) is 5.75 Å². The molecule has 0 bridgehead atoms. The Kier molecular flexibility index (Phi) is 10.6. The van der Waals surface area contributed by atoms with Crippen molar-refractivity contribution >= 4 is 11.9 Å². The summed E-state index contributed by atoms with van der Waals surface area (Å²) in [5.74, 6) is 0.0566.